The van der Waals surface area contributed by atoms with Gasteiger partial charge in [-0.2, -0.15) is 0 Å². The fraction of sp³-hybridized carbons (Fsp3) is 1.00. The topological polar surface area (TPSA) is 45.0 Å². The van der Waals surface area contributed by atoms with Crippen molar-refractivity contribution in [3.63, 3.8) is 0 Å². The maximum absolute atomic E-state index is 6.34. The summed E-state index contributed by atoms with van der Waals surface area (Å²) in [4.78, 5) is 7.29. The van der Waals surface area contributed by atoms with Gasteiger partial charge in [0.15, 0.2) is 0 Å². The van der Waals surface area contributed by atoms with E-state index in [1.807, 2.05) is 0 Å². The molecule has 0 bridgehead atoms. The Morgan fingerprint density at radius 3 is 2.39 bits per heavy atom. The Morgan fingerprint density at radius 1 is 1.17 bits per heavy atom. The fourth-order valence-electron chi connectivity index (χ4n) is 2.71. The molecule has 0 amide bonds. The van der Waals surface area contributed by atoms with Crippen LogP contribution in [0.3, 0.4) is 0 Å². The molecule has 2 fully saturated rings. The van der Waals surface area contributed by atoms with Crippen molar-refractivity contribution in [2.24, 2.45) is 5.73 Å². The molecule has 0 spiro atoms. The molecule has 18 heavy (non-hydrogen) atoms. The summed E-state index contributed by atoms with van der Waals surface area (Å²) in [5.74, 6) is 0. The molecule has 0 aromatic heterocycles. The van der Waals surface area contributed by atoms with Crippen molar-refractivity contribution in [1.29, 1.82) is 0 Å². The van der Waals surface area contributed by atoms with E-state index in [0.29, 0.717) is 0 Å². The number of rotatable bonds is 5. The molecule has 2 N–H and O–H groups in total. The molecule has 0 saturated carbocycles. The van der Waals surface area contributed by atoms with Crippen LogP contribution in [0.4, 0.5) is 0 Å². The van der Waals surface area contributed by atoms with Crippen molar-refractivity contribution >= 4 is 0 Å². The summed E-state index contributed by atoms with van der Waals surface area (Å²) in [5, 5.41) is 0. The highest BCUT2D eigenvalue weighted by Crippen LogP contribution is 2.17. The first-order chi connectivity index (χ1) is 8.57. The van der Waals surface area contributed by atoms with Crippen LogP contribution in [0.2, 0.25) is 0 Å². The van der Waals surface area contributed by atoms with E-state index in [2.05, 4.69) is 28.8 Å². The lowest BCUT2D eigenvalue weighted by atomic mass is 9.99. The zero-order chi connectivity index (χ0) is 13.0. The van der Waals surface area contributed by atoms with Crippen LogP contribution in [0, 0.1) is 0 Å². The van der Waals surface area contributed by atoms with Crippen LogP contribution in [-0.4, -0.2) is 93.4 Å². The quantitative estimate of drug-likeness (QED) is 0.704. The van der Waals surface area contributed by atoms with Gasteiger partial charge in [0, 0.05) is 52.4 Å². The molecule has 5 nitrogen and oxygen atoms in total. The lowest BCUT2D eigenvalue weighted by Gasteiger charge is -2.38. The number of piperazine rings is 1. The van der Waals surface area contributed by atoms with Crippen molar-refractivity contribution in [2.75, 3.05) is 73.1 Å². The van der Waals surface area contributed by atoms with Crippen LogP contribution in [0.25, 0.3) is 0 Å². The molecular weight excluding hydrogens is 228 g/mol. The van der Waals surface area contributed by atoms with Gasteiger partial charge in [-0.3, -0.25) is 9.80 Å². The summed E-state index contributed by atoms with van der Waals surface area (Å²) in [6, 6.07) is 0. The highest BCUT2D eigenvalue weighted by molar-refractivity contribution is 4.92. The number of likely N-dealkylation sites (N-methyl/N-ethyl adjacent to an activating group) is 1. The molecule has 0 radical (unpaired) electrons. The zero-order valence-corrected chi connectivity index (χ0v) is 11.9. The molecule has 2 aliphatic heterocycles. The van der Waals surface area contributed by atoms with Crippen molar-refractivity contribution < 1.29 is 4.74 Å². The molecule has 1 atom stereocenters. The van der Waals surface area contributed by atoms with Crippen molar-refractivity contribution in [1.82, 2.24) is 14.7 Å². The van der Waals surface area contributed by atoms with Gasteiger partial charge in [-0.25, -0.2) is 0 Å². The Morgan fingerprint density at radius 2 is 1.83 bits per heavy atom. The number of ether oxygens (including phenoxy) is 1. The Bertz CT molecular complexity index is 245. The van der Waals surface area contributed by atoms with E-state index in [9.17, 15) is 0 Å². The minimum atomic E-state index is -0.0915. The van der Waals surface area contributed by atoms with E-state index in [0.717, 1.165) is 45.8 Å². The average molecular weight is 256 g/mol. The lowest BCUT2D eigenvalue weighted by molar-refractivity contribution is 0.0976. The molecule has 0 aliphatic carbocycles. The Balaban J connectivity index is 1.67. The predicted molar refractivity (Wildman–Crippen MR) is 73.8 cm³/mol. The molecule has 0 aromatic carbocycles. The molecule has 2 saturated heterocycles. The first-order valence-electron chi connectivity index (χ1n) is 7.03. The van der Waals surface area contributed by atoms with Crippen LogP contribution in [-0.2, 0) is 4.74 Å². The van der Waals surface area contributed by atoms with E-state index in [-0.39, 0.29) is 5.54 Å². The smallest absolute Gasteiger partial charge is 0.0659 e. The Labute approximate surface area is 111 Å². The van der Waals surface area contributed by atoms with Crippen molar-refractivity contribution in [2.45, 2.75) is 12.0 Å². The number of hydrogen-bond donors (Lipinski definition) is 1. The van der Waals surface area contributed by atoms with E-state index in [4.69, 9.17) is 10.5 Å². The van der Waals surface area contributed by atoms with Gasteiger partial charge in [0.25, 0.3) is 0 Å². The lowest BCUT2D eigenvalue weighted by Crippen LogP contribution is -2.56. The van der Waals surface area contributed by atoms with Crippen LogP contribution in [0.15, 0.2) is 0 Å². The third kappa shape index (κ3) is 4.17. The summed E-state index contributed by atoms with van der Waals surface area (Å²) in [6.45, 7) is 9.52. The number of hydrogen-bond acceptors (Lipinski definition) is 5. The van der Waals surface area contributed by atoms with Crippen LogP contribution in [0.1, 0.15) is 6.42 Å². The molecule has 2 heterocycles. The highest BCUT2D eigenvalue weighted by atomic mass is 16.5. The van der Waals surface area contributed by atoms with E-state index in [1.165, 1.54) is 19.6 Å². The summed E-state index contributed by atoms with van der Waals surface area (Å²) in [5.41, 5.74) is 6.24. The minimum Gasteiger partial charge on any atom is -0.379 e. The molecule has 106 valence electrons. The van der Waals surface area contributed by atoms with Gasteiger partial charge in [0.05, 0.1) is 12.1 Å². The Hall–Kier alpha value is -0.200. The van der Waals surface area contributed by atoms with Gasteiger partial charge in [-0.05, 0) is 20.5 Å². The first-order valence-corrected chi connectivity index (χ1v) is 7.03. The van der Waals surface area contributed by atoms with E-state index < -0.39 is 0 Å². The second-order valence-electron chi connectivity index (χ2n) is 6.09. The minimum absolute atomic E-state index is 0.0915. The largest absolute Gasteiger partial charge is 0.379 e. The average Bonchev–Trinajstić information content (AvgIpc) is 2.75. The summed E-state index contributed by atoms with van der Waals surface area (Å²) in [6.07, 6.45) is 1.01. The van der Waals surface area contributed by atoms with Crippen molar-refractivity contribution in [3.8, 4) is 0 Å². The third-order valence-electron chi connectivity index (χ3n) is 4.00. The third-order valence-corrected chi connectivity index (χ3v) is 4.00. The second kappa shape index (κ2) is 6.30. The van der Waals surface area contributed by atoms with E-state index >= 15 is 0 Å². The SMILES string of the molecule is CN(C)CCN1CCN(CC2(N)CCOC2)CC1. The van der Waals surface area contributed by atoms with Gasteiger partial charge in [0.2, 0.25) is 0 Å². The second-order valence-corrected chi connectivity index (χ2v) is 6.09. The molecule has 1 unspecified atom stereocenters. The molecule has 2 aliphatic rings. The normalized spacial score (nSPS) is 31.3. The van der Waals surface area contributed by atoms with Crippen LogP contribution < -0.4 is 5.73 Å². The molecular formula is C13H28N4O. The van der Waals surface area contributed by atoms with Gasteiger partial charge in [0.1, 0.15) is 0 Å². The maximum atomic E-state index is 6.34. The molecule has 2 rings (SSSR count). The zero-order valence-electron chi connectivity index (χ0n) is 11.9. The Kier molecular flexibility index (Phi) is 4.98. The maximum Gasteiger partial charge on any atom is 0.0659 e. The number of nitrogens with zero attached hydrogens (tertiary/aromatic N) is 3. The van der Waals surface area contributed by atoms with Gasteiger partial charge in [-0.15, -0.1) is 0 Å². The monoisotopic (exact) mass is 256 g/mol. The first kappa shape index (κ1) is 14.2. The van der Waals surface area contributed by atoms with Crippen molar-refractivity contribution in [3.05, 3.63) is 0 Å². The predicted octanol–water partition coefficient (Wildman–Crippen LogP) is -0.717. The summed E-state index contributed by atoms with van der Waals surface area (Å²) in [7, 11) is 4.27. The van der Waals surface area contributed by atoms with Gasteiger partial charge in [-0.1, -0.05) is 0 Å². The number of nitrogens with two attached hydrogens (primary N) is 1. The van der Waals surface area contributed by atoms with Crippen LogP contribution >= 0.6 is 0 Å². The molecule has 5 heteroatoms. The molecule has 0 aromatic rings. The standard InChI is InChI=1S/C13H28N4O/c1-15(2)4-5-16-6-8-17(9-7-16)11-13(14)3-10-18-12-13/h3-12,14H2,1-2H3. The van der Waals surface area contributed by atoms with Gasteiger partial charge >= 0.3 is 0 Å². The summed E-state index contributed by atoms with van der Waals surface area (Å²) < 4.78 is 5.42. The fourth-order valence-corrected chi connectivity index (χ4v) is 2.71. The van der Waals surface area contributed by atoms with Gasteiger partial charge < -0.3 is 15.4 Å². The van der Waals surface area contributed by atoms with E-state index in [1.54, 1.807) is 0 Å². The summed E-state index contributed by atoms with van der Waals surface area (Å²) >= 11 is 0. The highest BCUT2D eigenvalue weighted by Gasteiger charge is 2.33. The van der Waals surface area contributed by atoms with Crippen LogP contribution in [0.5, 0.6) is 0 Å².